The van der Waals surface area contributed by atoms with Gasteiger partial charge in [-0.15, -0.1) is 0 Å². The normalized spacial score (nSPS) is 14.7. The number of hydrogen-bond donors (Lipinski definition) is 2. The molecule has 2 heterocycles. The molecule has 0 aliphatic carbocycles. The average Bonchev–Trinajstić information content (AvgIpc) is 3.35. The lowest BCUT2D eigenvalue weighted by Gasteiger charge is -2.24. The zero-order valence-corrected chi connectivity index (χ0v) is 21.3. The van der Waals surface area contributed by atoms with E-state index in [0.717, 1.165) is 5.56 Å². The SMILES string of the molecule is CC(=O)c1ccc(CN2C(=O)C(NC(=O)Nc3cccc(C)c3)N=C(c3ccccc3F)c3ccccc32)o1. The minimum Gasteiger partial charge on any atom is -0.456 e. The van der Waals surface area contributed by atoms with Crippen LogP contribution in [0.3, 0.4) is 0 Å². The highest BCUT2D eigenvalue weighted by Gasteiger charge is 2.34. The molecule has 1 aliphatic rings. The third kappa shape index (κ3) is 5.47. The van der Waals surface area contributed by atoms with Crippen molar-refractivity contribution in [3.05, 3.63) is 119 Å². The molecule has 1 aromatic heterocycles. The maximum Gasteiger partial charge on any atom is 0.321 e. The molecule has 39 heavy (non-hydrogen) atoms. The number of carbonyl (C=O) groups excluding carboxylic acids is 3. The molecule has 0 bridgehead atoms. The molecule has 1 atom stereocenters. The number of aryl methyl sites for hydroxylation is 1. The summed E-state index contributed by atoms with van der Waals surface area (Å²) in [4.78, 5) is 44.7. The molecule has 1 unspecified atom stereocenters. The maximum atomic E-state index is 15.0. The Morgan fingerprint density at radius 2 is 1.72 bits per heavy atom. The van der Waals surface area contributed by atoms with Gasteiger partial charge in [0.05, 0.1) is 17.9 Å². The lowest BCUT2D eigenvalue weighted by atomic mass is 9.99. The van der Waals surface area contributed by atoms with Gasteiger partial charge in [-0.2, -0.15) is 0 Å². The fourth-order valence-electron chi connectivity index (χ4n) is 4.38. The van der Waals surface area contributed by atoms with Crippen LogP contribution >= 0.6 is 0 Å². The fourth-order valence-corrected chi connectivity index (χ4v) is 4.38. The molecule has 2 N–H and O–H groups in total. The minimum absolute atomic E-state index is 0.0408. The number of halogens is 1. The van der Waals surface area contributed by atoms with Crippen LogP contribution in [0.2, 0.25) is 0 Å². The molecule has 3 aromatic carbocycles. The second kappa shape index (κ2) is 10.7. The number of ketones is 1. The first-order valence-electron chi connectivity index (χ1n) is 12.3. The van der Waals surface area contributed by atoms with Gasteiger partial charge in [-0.3, -0.25) is 9.59 Å². The van der Waals surface area contributed by atoms with Gasteiger partial charge in [0.1, 0.15) is 11.6 Å². The summed E-state index contributed by atoms with van der Waals surface area (Å²) in [6, 6.07) is 22.8. The van der Waals surface area contributed by atoms with E-state index < -0.39 is 23.9 Å². The van der Waals surface area contributed by atoms with Crippen LogP contribution in [0.4, 0.5) is 20.6 Å². The van der Waals surface area contributed by atoms with Gasteiger partial charge in [-0.05, 0) is 55.0 Å². The largest absolute Gasteiger partial charge is 0.456 e. The summed E-state index contributed by atoms with van der Waals surface area (Å²) in [7, 11) is 0. The first kappa shape index (κ1) is 25.6. The molecular formula is C30H25FN4O4. The van der Waals surface area contributed by atoms with E-state index in [4.69, 9.17) is 4.42 Å². The zero-order valence-electron chi connectivity index (χ0n) is 21.3. The number of carbonyl (C=O) groups is 3. The third-order valence-electron chi connectivity index (χ3n) is 6.20. The number of aliphatic imine (C=N–C) groups is 1. The van der Waals surface area contributed by atoms with E-state index in [-0.39, 0.29) is 29.4 Å². The Bertz CT molecular complexity index is 1610. The Hall–Kier alpha value is -5.05. The predicted octanol–water partition coefficient (Wildman–Crippen LogP) is 5.46. The molecule has 9 heteroatoms. The Kier molecular flexibility index (Phi) is 7.05. The van der Waals surface area contributed by atoms with Gasteiger partial charge in [0.15, 0.2) is 11.5 Å². The summed E-state index contributed by atoms with van der Waals surface area (Å²) in [5, 5.41) is 5.35. The summed E-state index contributed by atoms with van der Waals surface area (Å²) in [5.74, 6) is -0.806. The van der Waals surface area contributed by atoms with E-state index in [9.17, 15) is 14.4 Å². The molecule has 8 nitrogen and oxygen atoms in total. The van der Waals surface area contributed by atoms with Crippen molar-refractivity contribution in [2.45, 2.75) is 26.6 Å². The second-order valence-electron chi connectivity index (χ2n) is 9.09. The number of anilines is 2. The molecule has 4 aromatic rings. The van der Waals surface area contributed by atoms with Gasteiger partial charge in [0.2, 0.25) is 6.17 Å². The summed E-state index contributed by atoms with van der Waals surface area (Å²) in [6.45, 7) is 3.24. The Morgan fingerprint density at radius 1 is 0.974 bits per heavy atom. The molecule has 0 radical (unpaired) electrons. The maximum absolute atomic E-state index is 15.0. The summed E-state index contributed by atoms with van der Waals surface area (Å²) >= 11 is 0. The van der Waals surface area contributed by atoms with Crippen molar-refractivity contribution in [1.29, 1.82) is 0 Å². The lowest BCUT2D eigenvalue weighted by Crippen LogP contribution is -2.48. The van der Waals surface area contributed by atoms with E-state index in [1.807, 2.05) is 13.0 Å². The molecular weight excluding hydrogens is 499 g/mol. The van der Waals surface area contributed by atoms with Gasteiger partial charge >= 0.3 is 6.03 Å². The average molecular weight is 525 g/mol. The van der Waals surface area contributed by atoms with Crippen LogP contribution in [0, 0.1) is 12.7 Å². The highest BCUT2D eigenvalue weighted by atomic mass is 19.1. The predicted molar refractivity (Wildman–Crippen MR) is 146 cm³/mol. The van der Waals surface area contributed by atoms with E-state index >= 15 is 4.39 Å². The smallest absolute Gasteiger partial charge is 0.321 e. The number of hydrogen-bond acceptors (Lipinski definition) is 5. The first-order valence-corrected chi connectivity index (χ1v) is 12.3. The van der Waals surface area contributed by atoms with Gasteiger partial charge in [-0.25, -0.2) is 14.2 Å². The number of rotatable bonds is 6. The van der Waals surface area contributed by atoms with Crippen molar-refractivity contribution in [2.24, 2.45) is 4.99 Å². The van der Waals surface area contributed by atoms with Crippen LogP contribution in [0.25, 0.3) is 0 Å². The van der Waals surface area contributed by atoms with Crippen molar-refractivity contribution in [1.82, 2.24) is 5.32 Å². The number of Topliss-reactive ketones (excluding diaryl/α,β-unsaturated/α-hetero) is 1. The number of urea groups is 1. The highest BCUT2D eigenvalue weighted by Crippen LogP contribution is 2.30. The molecule has 0 saturated carbocycles. The quantitative estimate of drug-likeness (QED) is 0.327. The van der Waals surface area contributed by atoms with Crippen molar-refractivity contribution < 1.29 is 23.2 Å². The first-order chi connectivity index (χ1) is 18.8. The lowest BCUT2D eigenvalue weighted by molar-refractivity contribution is -0.120. The molecule has 0 fully saturated rings. The van der Waals surface area contributed by atoms with Crippen LogP contribution in [-0.4, -0.2) is 29.6 Å². The Morgan fingerprint density at radius 3 is 2.44 bits per heavy atom. The van der Waals surface area contributed by atoms with Crippen LogP contribution < -0.4 is 15.5 Å². The highest BCUT2D eigenvalue weighted by molar-refractivity contribution is 6.20. The van der Waals surface area contributed by atoms with Gasteiger partial charge in [0, 0.05) is 23.7 Å². The van der Waals surface area contributed by atoms with Crippen LogP contribution in [-0.2, 0) is 11.3 Å². The van der Waals surface area contributed by atoms with E-state index in [1.165, 1.54) is 24.0 Å². The van der Waals surface area contributed by atoms with Crippen molar-refractivity contribution >= 4 is 34.8 Å². The number of fused-ring (bicyclic) bond motifs is 1. The number of benzene rings is 3. The molecule has 3 amide bonds. The van der Waals surface area contributed by atoms with Crippen molar-refractivity contribution in [3.63, 3.8) is 0 Å². The van der Waals surface area contributed by atoms with Crippen LogP contribution in [0.5, 0.6) is 0 Å². The standard InChI is InChI=1S/C30H25FN4O4/c1-18-8-7-9-20(16-18)32-30(38)34-28-29(37)35(17-21-14-15-26(39-21)19(2)36)25-13-6-4-11-23(25)27(33-28)22-10-3-5-12-24(22)31/h3-16,28H,17H2,1-2H3,(H2,32,34,38). The third-order valence-corrected chi connectivity index (χ3v) is 6.20. The number of nitrogens with one attached hydrogen (secondary N) is 2. The monoisotopic (exact) mass is 524 g/mol. The van der Waals surface area contributed by atoms with E-state index in [1.54, 1.807) is 66.7 Å². The summed E-state index contributed by atoms with van der Waals surface area (Å²) in [6.07, 6.45) is -1.39. The molecule has 0 spiro atoms. The second-order valence-corrected chi connectivity index (χ2v) is 9.09. The summed E-state index contributed by atoms with van der Waals surface area (Å²) < 4.78 is 20.7. The number of para-hydroxylation sites is 1. The van der Waals surface area contributed by atoms with E-state index in [0.29, 0.717) is 22.7 Å². The number of amides is 3. The van der Waals surface area contributed by atoms with Crippen LogP contribution in [0.15, 0.2) is 94.3 Å². The molecule has 196 valence electrons. The molecule has 0 saturated heterocycles. The summed E-state index contributed by atoms with van der Waals surface area (Å²) in [5.41, 5.74) is 2.83. The van der Waals surface area contributed by atoms with Crippen molar-refractivity contribution in [2.75, 3.05) is 10.2 Å². The number of furan rings is 1. The van der Waals surface area contributed by atoms with Crippen molar-refractivity contribution in [3.8, 4) is 0 Å². The van der Waals surface area contributed by atoms with Crippen LogP contribution in [0.1, 0.15) is 39.9 Å². The number of benzodiazepines with no additional fused rings is 1. The Labute approximate surface area is 224 Å². The van der Waals surface area contributed by atoms with Gasteiger partial charge in [0.25, 0.3) is 5.91 Å². The number of nitrogens with zero attached hydrogens (tertiary/aromatic N) is 2. The van der Waals surface area contributed by atoms with Gasteiger partial charge in [-0.1, -0.05) is 42.5 Å². The zero-order chi connectivity index (χ0) is 27.5. The van der Waals surface area contributed by atoms with E-state index in [2.05, 4.69) is 15.6 Å². The topological polar surface area (TPSA) is 104 Å². The molecule has 1 aliphatic heterocycles. The minimum atomic E-state index is -1.39. The fraction of sp³-hybridized carbons (Fsp3) is 0.133. The van der Waals surface area contributed by atoms with Gasteiger partial charge < -0.3 is 20.0 Å². The Balaban J connectivity index is 1.57. The molecule has 5 rings (SSSR count).